The molecule has 0 N–H and O–H groups in total. The molecule has 2 nitrogen and oxygen atoms in total. The summed E-state index contributed by atoms with van der Waals surface area (Å²) in [6, 6.07) is -0.179. The van der Waals surface area contributed by atoms with E-state index >= 15 is 0 Å². The van der Waals surface area contributed by atoms with Gasteiger partial charge in [0, 0.05) is 18.4 Å². The molecule has 1 aromatic heterocycles. The van der Waals surface area contributed by atoms with Crippen molar-refractivity contribution < 1.29 is 17.6 Å². The molecule has 0 radical (unpaired) electrons. The first-order valence-electron chi connectivity index (χ1n) is 6.11. The quantitative estimate of drug-likeness (QED) is 0.736. The van der Waals surface area contributed by atoms with Crippen LogP contribution in [0.25, 0.3) is 0 Å². The van der Waals surface area contributed by atoms with E-state index in [1.165, 1.54) is 4.68 Å². The molecule has 2 unspecified atom stereocenters. The molecular formula is C12H14F4N2. The topological polar surface area (TPSA) is 17.8 Å². The Balaban J connectivity index is 2.24. The molecular weight excluding hydrogens is 248 g/mol. The summed E-state index contributed by atoms with van der Waals surface area (Å²) in [6.07, 6.45) is -2.59. The number of halogens is 4. The van der Waals surface area contributed by atoms with E-state index < -0.39 is 23.6 Å². The van der Waals surface area contributed by atoms with Gasteiger partial charge in [0.25, 0.3) is 12.3 Å². The van der Waals surface area contributed by atoms with Crippen molar-refractivity contribution in [2.75, 3.05) is 0 Å². The van der Waals surface area contributed by atoms with Crippen molar-refractivity contribution in [3.8, 4) is 0 Å². The highest BCUT2D eigenvalue weighted by molar-refractivity contribution is 5.41. The molecule has 1 fully saturated rings. The lowest BCUT2D eigenvalue weighted by molar-refractivity contribution is -0.0287. The van der Waals surface area contributed by atoms with E-state index in [-0.39, 0.29) is 24.3 Å². The van der Waals surface area contributed by atoms with Crippen LogP contribution in [0.5, 0.6) is 0 Å². The van der Waals surface area contributed by atoms with Crippen LogP contribution in [0.3, 0.4) is 0 Å². The number of hydrogen-bond acceptors (Lipinski definition) is 1. The van der Waals surface area contributed by atoms with Crippen LogP contribution < -0.4 is 0 Å². The van der Waals surface area contributed by atoms with Crippen LogP contribution in [0.1, 0.15) is 62.0 Å². The minimum Gasteiger partial charge on any atom is -0.266 e. The molecule has 18 heavy (non-hydrogen) atoms. The fourth-order valence-corrected chi connectivity index (χ4v) is 2.98. The molecule has 3 rings (SSSR count). The summed E-state index contributed by atoms with van der Waals surface area (Å²) in [4.78, 5) is 0. The second-order valence-electron chi connectivity index (χ2n) is 5.50. The average molecular weight is 262 g/mol. The van der Waals surface area contributed by atoms with E-state index in [4.69, 9.17) is 0 Å². The molecule has 0 bridgehead atoms. The summed E-state index contributed by atoms with van der Waals surface area (Å²) in [5.74, 6) is -3.22. The number of rotatable bonds is 2. The van der Waals surface area contributed by atoms with Gasteiger partial charge in [-0.3, -0.25) is 4.68 Å². The van der Waals surface area contributed by atoms with Crippen LogP contribution in [0.4, 0.5) is 17.6 Å². The summed E-state index contributed by atoms with van der Waals surface area (Å²) in [5, 5.41) is 3.75. The van der Waals surface area contributed by atoms with Gasteiger partial charge in [0.15, 0.2) is 0 Å². The number of nitrogens with zero attached hydrogens (tertiary/aromatic N) is 2. The number of fused-ring (bicyclic) bond motifs is 3. The second kappa shape index (κ2) is 3.48. The lowest BCUT2D eigenvalue weighted by Gasteiger charge is -2.23. The van der Waals surface area contributed by atoms with Crippen LogP contribution in [-0.4, -0.2) is 9.78 Å². The number of hydrogen-bond donors (Lipinski definition) is 0. The summed E-state index contributed by atoms with van der Waals surface area (Å²) in [5.41, 5.74) is -0.874. The van der Waals surface area contributed by atoms with Crippen LogP contribution in [0.2, 0.25) is 0 Å². The smallest absolute Gasteiger partial charge is 0.266 e. The molecule has 0 saturated heterocycles. The predicted octanol–water partition coefficient (Wildman–Crippen LogP) is 4.00. The largest absolute Gasteiger partial charge is 0.282 e. The molecule has 1 aromatic rings. The Morgan fingerprint density at radius 3 is 2.56 bits per heavy atom. The first kappa shape index (κ1) is 12.0. The van der Waals surface area contributed by atoms with E-state index in [1.54, 1.807) is 13.8 Å². The molecule has 100 valence electrons. The summed E-state index contributed by atoms with van der Waals surface area (Å²) in [7, 11) is 0. The minimum atomic E-state index is -3.16. The summed E-state index contributed by atoms with van der Waals surface area (Å²) >= 11 is 0. The molecule has 2 atom stereocenters. The van der Waals surface area contributed by atoms with Crippen LogP contribution in [-0.2, 0) is 5.92 Å². The van der Waals surface area contributed by atoms with Crippen LogP contribution in [0, 0.1) is 5.92 Å². The molecule has 0 aromatic carbocycles. The third-order valence-electron chi connectivity index (χ3n) is 3.83. The van der Waals surface area contributed by atoms with Crippen molar-refractivity contribution in [3.63, 3.8) is 0 Å². The van der Waals surface area contributed by atoms with E-state index in [1.807, 2.05) is 0 Å². The lowest BCUT2D eigenvalue weighted by atomic mass is 9.92. The second-order valence-corrected chi connectivity index (χ2v) is 5.50. The average Bonchev–Trinajstić information content (AvgIpc) is 2.86. The fourth-order valence-electron chi connectivity index (χ4n) is 2.98. The molecule has 2 aliphatic carbocycles. The van der Waals surface area contributed by atoms with Gasteiger partial charge in [-0.1, -0.05) is 0 Å². The zero-order chi connectivity index (χ0) is 13.2. The van der Waals surface area contributed by atoms with E-state index in [0.29, 0.717) is 12.1 Å². The standard InChI is InChI=1S/C12H14F4N2/c1-5(2)18-10-7-3-6(7)4-12(15,16)8(10)9(17-18)11(13)14/h5-7,11H,3-4H2,1-2H3. The van der Waals surface area contributed by atoms with Crippen LogP contribution in [0.15, 0.2) is 0 Å². The van der Waals surface area contributed by atoms with Crippen molar-refractivity contribution in [2.24, 2.45) is 5.92 Å². The SMILES string of the molecule is CC(C)n1nc(C(F)F)c2c1C1CC1CC2(F)F. The molecule has 1 saturated carbocycles. The third-order valence-corrected chi connectivity index (χ3v) is 3.83. The minimum absolute atomic E-state index is 0.00187. The van der Waals surface area contributed by atoms with Gasteiger partial charge in [-0.15, -0.1) is 0 Å². The Hall–Kier alpha value is -1.07. The Kier molecular flexibility index (Phi) is 2.32. The predicted molar refractivity (Wildman–Crippen MR) is 56.9 cm³/mol. The first-order chi connectivity index (χ1) is 8.33. The van der Waals surface area contributed by atoms with E-state index in [0.717, 1.165) is 0 Å². The summed E-state index contributed by atoms with van der Waals surface area (Å²) < 4.78 is 55.2. The van der Waals surface area contributed by atoms with Crippen LogP contribution >= 0.6 is 0 Å². The van der Waals surface area contributed by atoms with Crippen molar-refractivity contribution in [1.29, 1.82) is 0 Å². The highest BCUT2D eigenvalue weighted by atomic mass is 19.3. The van der Waals surface area contributed by atoms with Gasteiger partial charge >= 0.3 is 0 Å². The van der Waals surface area contributed by atoms with Gasteiger partial charge in [-0.25, -0.2) is 17.6 Å². The fraction of sp³-hybridized carbons (Fsp3) is 0.750. The Morgan fingerprint density at radius 1 is 1.33 bits per heavy atom. The molecule has 0 spiro atoms. The molecule has 1 heterocycles. The van der Waals surface area contributed by atoms with Gasteiger partial charge in [0.2, 0.25) is 0 Å². The Bertz CT molecular complexity index is 493. The maximum Gasteiger partial charge on any atom is 0.282 e. The van der Waals surface area contributed by atoms with Gasteiger partial charge in [0.05, 0.1) is 11.3 Å². The Labute approximate surface area is 102 Å². The zero-order valence-electron chi connectivity index (χ0n) is 10.1. The van der Waals surface area contributed by atoms with Gasteiger partial charge in [0.1, 0.15) is 5.69 Å². The van der Waals surface area contributed by atoms with E-state index in [9.17, 15) is 17.6 Å². The molecule has 0 aliphatic heterocycles. The zero-order valence-corrected chi connectivity index (χ0v) is 10.1. The number of alkyl halides is 4. The molecule has 6 heteroatoms. The van der Waals surface area contributed by atoms with E-state index in [2.05, 4.69) is 5.10 Å². The first-order valence-corrected chi connectivity index (χ1v) is 6.11. The summed E-state index contributed by atoms with van der Waals surface area (Å²) in [6.45, 7) is 3.54. The van der Waals surface area contributed by atoms with Gasteiger partial charge in [-0.05, 0) is 26.2 Å². The van der Waals surface area contributed by atoms with Crippen molar-refractivity contribution in [2.45, 2.75) is 51.0 Å². The Morgan fingerprint density at radius 2 is 2.00 bits per heavy atom. The van der Waals surface area contributed by atoms with Crippen molar-refractivity contribution in [1.82, 2.24) is 9.78 Å². The highest BCUT2D eigenvalue weighted by Gasteiger charge is 2.57. The normalized spacial score (nSPS) is 28.4. The third kappa shape index (κ3) is 1.50. The highest BCUT2D eigenvalue weighted by Crippen LogP contribution is 2.62. The van der Waals surface area contributed by atoms with Gasteiger partial charge in [-0.2, -0.15) is 5.10 Å². The maximum atomic E-state index is 14.0. The monoisotopic (exact) mass is 262 g/mol. The lowest BCUT2D eigenvalue weighted by Crippen LogP contribution is -2.23. The maximum absolute atomic E-state index is 14.0. The number of aromatic nitrogens is 2. The van der Waals surface area contributed by atoms with Crippen molar-refractivity contribution >= 4 is 0 Å². The molecule has 2 aliphatic rings. The van der Waals surface area contributed by atoms with Crippen molar-refractivity contribution in [3.05, 3.63) is 17.0 Å². The molecule has 0 amide bonds. The van der Waals surface area contributed by atoms with Gasteiger partial charge < -0.3 is 0 Å².